The molecule has 0 heterocycles. The van der Waals surface area contributed by atoms with E-state index in [1.54, 1.807) is 0 Å². The quantitative estimate of drug-likeness (QED) is 0.813. The molecule has 0 saturated heterocycles. The molecule has 1 saturated carbocycles. The van der Waals surface area contributed by atoms with E-state index in [9.17, 15) is 4.79 Å². The Bertz CT molecular complexity index is 468. The van der Waals surface area contributed by atoms with Gasteiger partial charge in [-0.2, -0.15) is 0 Å². The zero-order valence-electron chi connectivity index (χ0n) is 12.7. The maximum Gasteiger partial charge on any atom is 0.337 e. The van der Waals surface area contributed by atoms with Crippen LogP contribution in [0.1, 0.15) is 60.9 Å². The van der Waals surface area contributed by atoms with Crippen molar-refractivity contribution in [2.75, 3.05) is 7.11 Å². The van der Waals surface area contributed by atoms with Crippen molar-refractivity contribution < 1.29 is 9.53 Å². The molecule has 21 heavy (non-hydrogen) atoms. The van der Waals surface area contributed by atoms with Gasteiger partial charge in [-0.15, -0.1) is 0 Å². The first kappa shape index (κ1) is 16.5. The summed E-state index contributed by atoms with van der Waals surface area (Å²) < 4.78 is 5.70. The van der Waals surface area contributed by atoms with Crippen molar-refractivity contribution in [3.8, 4) is 0 Å². The van der Waals surface area contributed by atoms with Crippen LogP contribution in [0.25, 0.3) is 0 Å². The third-order valence-electron chi connectivity index (χ3n) is 4.16. The molecule has 1 fully saturated rings. The van der Waals surface area contributed by atoms with E-state index >= 15 is 0 Å². The molecule has 0 spiro atoms. The first-order valence-corrected chi connectivity index (χ1v) is 8.60. The Hall–Kier alpha value is -0.870. The van der Waals surface area contributed by atoms with Gasteiger partial charge in [0.25, 0.3) is 0 Å². The standard InChI is InChI=1S/C17H24BrNO2/c1-21-17(20)13-9-10-14(16(18)11-13)12-19-15-7-5-3-2-4-6-8-15/h9-11,15,19H,2-8,12H2,1H3. The van der Waals surface area contributed by atoms with E-state index in [-0.39, 0.29) is 5.97 Å². The lowest BCUT2D eigenvalue weighted by Crippen LogP contribution is -2.29. The average molecular weight is 354 g/mol. The molecule has 0 amide bonds. The van der Waals surface area contributed by atoms with Crippen molar-refractivity contribution >= 4 is 21.9 Å². The molecule has 116 valence electrons. The number of benzene rings is 1. The number of methoxy groups -OCH3 is 1. The van der Waals surface area contributed by atoms with Gasteiger partial charge in [0.15, 0.2) is 0 Å². The predicted octanol–water partition coefficient (Wildman–Crippen LogP) is 4.44. The molecule has 1 aliphatic rings. The average Bonchev–Trinajstić information content (AvgIpc) is 2.46. The monoisotopic (exact) mass is 353 g/mol. The third kappa shape index (κ3) is 5.11. The summed E-state index contributed by atoms with van der Waals surface area (Å²) in [6, 6.07) is 6.27. The van der Waals surface area contributed by atoms with Crippen molar-refractivity contribution in [1.82, 2.24) is 5.32 Å². The maximum absolute atomic E-state index is 11.5. The van der Waals surface area contributed by atoms with E-state index in [1.165, 1.54) is 57.6 Å². The lowest BCUT2D eigenvalue weighted by Gasteiger charge is -2.21. The number of esters is 1. The number of ether oxygens (including phenoxy) is 1. The highest BCUT2D eigenvalue weighted by molar-refractivity contribution is 9.10. The summed E-state index contributed by atoms with van der Waals surface area (Å²) in [5.41, 5.74) is 1.77. The third-order valence-corrected chi connectivity index (χ3v) is 4.90. The lowest BCUT2D eigenvalue weighted by atomic mass is 9.96. The summed E-state index contributed by atoms with van der Waals surface area (Å²) in [6.45, 7) is 0.840. The SMILES string of the molecule is COC(=O)c1ccc(CNC2CCCCCCC2)c(Br)c1. The number of rotatable bonds is 4. The second-order valence-electron chi connectivity index (χ2n) is 5.72. The van der Waals surface area contributed by atoms with Crippen LogP contribution >= 0.6 is 15.9 Å². The molecule has 0 aromatic heterocycles. The van der Waals surface area contributed by atoms with Gasteiger partial charge in [0.05, 0.1) is 12.7 Å². The van der Waals surface area contributed by atoms with Crippen LogP contribution in [0.5, 0.6) is 0 Å². The van der Waals surface area contributed by atoms with Crippen LogP contribution in [0.3, 0.4) is 0 Å². The zero-order valence-corrected chi connectivity index (χ0v) is 14.2. The van der Waals surface area contributed by atoms with Crippen LogP contribution in [-0.2, 0) is 11.3 Å². The summed E-state index contributed by atoms with van der Waals surface area (Å²) in [7, 11) is 1.40. The summed E-state index contributed by atoms with van der Waals surface area (Å²) in [6.07, 6.45) is 9.36. The summed E-state index contributed by atoms with van der Waals surface area (Å²) >= 11 is 3.55. The normalized spacial score (nSPS) is 17.0. The van der Waals surface area contributed by atoms with Crippen molar-refractivity contribution in [3.05, 3.63) is 33.8 Å². The fourth-order valence-corrected chi connectivity index (χ4v) is 3.37. The van der Waals surface area contributed by atoms with E-state index in [1.807, 2.05) is 18.2 Å². The van der Waals surface area contributed by atoms with Crippen LogP contribution < -0.4 is 5.32 Å². The van der Waals surface area contributed by atoms with E-state index < -0.39 is 0 Å². The zero-order chi connectivity index (χ0) is 15.1. The van der Waals surface area contributed by atoms with Crippen molar-refractivity contribution in [2.45, 2.75) is 57.5 Å². The van der Waals surface area contributed by atoms with Crippen LogP contribution in [-0.4, -0.2) is 19.1 Å². The molecule has 1 N–H and O–H groups in total. The first-order chi connectivity index (χ1) is 10.2. The predicted molar refractivity (Wildman–Crippen MR) is 88.4 cm³/mol. The molecule has 3 nitrogen and oxygen atoms in total. The molecule has 4 heteroatoms. The first-order valence-electron chi connectivity index (χ1n) is 7.81. The van der Waals surface area contributed by atoms with Gasteiger partial charge in [-0.05, 0) is 30.5 Å². The van der Waals surface area contributed by atoms with Crippen LogP contribution in [0.4, 0.5) is 0 Å². The van der Waals surface area contributed by atoms with Gasteiger partial charge in [0.2, 0.25) is 0 Å². The van der Waals surface area contributed by atoms with Gasteiger partial charge in [-0.3, -0.25) is 0 Å². The largest absolute Gasteiger partial charge is 0.465 e. The Kier molecular flexibility index (Phi) is 6.71. The topological polar surface area (TPSA) is 38.3 Å². The fourth-order valence-electron chi connectivity index (χ4n) is 2.85. The number of nitrogens with one attached hydrogen (secondary N) is 1. The van der Waals surface area contributed by atoms with Crippen molar-refractivity contribution in [3.63, 3.8) is 0 Å². The van der Waals surface area contributed by atoms with Crippen LogP contribution in [0.15, 0.2) is 22.7 Å². The van der Waals surface area contributed by atoms with Crippen molar-refractivity contribution in [1.29, 1.82) is 0 Å². The molecular weight excluding hydrogens is 330 g/mol. The Balaban J connectivity index is 1.91. The molecule has 0 radical (unpaired) electrons. The number of hydrogen-bond acceptors (Lipinski definition) is 3. The Morgan fingerprint density at radius 2 is 1.90 bits per heavy atom. The highest BCUT2D eigenvalue weighted by atomic mass is 79.9. The van der Waals surface area contributed by atoms with Gasteiger partial charge in [-0.1, -0.05) is 54.1 Å². The molecule has 0 aliphatic heterocycles. The minimum absolute atomic E-state index is 0.296. The molecular formula is C17H24BrNO2. The lowest BCUT2D eigenvalue weighted by molar-refractivity contribution is 0.0600. The van der Waals surface area contributed by atoms with Gasteiger partial charge >= 0.3 is 5.97 Å². The van der Waals surface area contributed by atoms with E-state index in [0.29, 0.717) is 11.6 Å². The number of halogens is 1. The molecule has 1 aliphatic carbocycles. The number of carbonyl (C=O) groups excluding carboxylic acids is 1. The van der Waals surface area contributed by atoms with E-state index in [0.717, 1.165) is 11.0 Å². The van der Waals surface area contributed by atoms with Crippen LogP contribution in [0.2, 0.25) is 0 Å². The van der Waals surface area contributed by atoms with Crippen molar-refractivity contribution in [2.24, 2.45) is 0 Å². The number of carbonyl (C=O) groups is 1. The Labute approximate surface area is 135 Å². The van der Waals surface area contributed by atoms with Gasteiger partial charge in [-0.25, -0.2) is 4.79 Å². The Morgan fingerprint density at radius 1 is 1.24 bits per heavy atom. The minimum Gasteiger partial charge on any atom is -0.465 e. The second-order valence-corrected chi connectivity index (χ2v) is 6.58. The fraction of sp³-hybridized carbons (Fsp3) is 0.588. The van der Waals surface area contributed by atoms with E-state index in [2.05, 4.69) is 21.2 Å². The second kappa shape index (κ2) is 8.54. The van der Waals surface area contributed by atoms with Gasteiger partial charge in [0.1, 0.15) is 0 Å². The highest BCUT2D eigenvalue weighted by Crippen LogP contribution is 2.21. The molecule has 0 bridgehead atoms. The Morgan fingerprint density at radius 3 is 2.52 bits per heavy atom. The number of hydrogen-bond donors (Lipinski definition) is 1. The summed E-state index contributed by atoms with van der Waals surface area (Å²) in [5, 5.41) is 3.66. The highest BCUT2D eigenvalue weighted by Gasteiger charge is 2.12. The maximum atomic E-state index is 11.5. The summed E-state index contributed by atoms with van der Waals surface area (Å²) in [4.78, 5) is 11.5. The smallest absolute Gasteiger partial charge is 0.337 e. The molecule has 1 aromatic rings. The molecule has 2 rings (SSSR count). The van der Waals surface area contributed by atoms with Gasteiger partial charge in [0, 0.05) is 17.1 Å². The van der Waals surface area contributed by atoms with Gasteiger partial charge < -0.3 is 10.1 Å². The van der Waals surface area contributed by atoms with E-state index in [4.69, 9.17) is 4.74 Å². The minimum atomic E-state index is -0.296. The molecule has 0 atom stereocenters. The summed E-state index contributed by atoms with van der Waals surface area (Å²) in [5.74, 6) is -0.296. The van der Waals surface area contributed by atoms with Crippen LogP contribution in [0, 0.1) is 0 Å². The molecule has 1 aromatic carbocycles. The molecule has 0 unspecified atom stereocenters.